The second-order valence-electron chi connectivity index (χ2n) is 6.59. The van der Waals surface area contributed by atoms with E-state index in [2.05, 4.69) is 34.1 Å². The Labute approximate surface area is 161 Å². The van der Waals surface area contributed by atoms with Crippen LogP contribution in [0.2, 0.25) is 0 Å². The Bertz CT molecular complexity index is 749. The van der Waals surface area contributed by atoms with Gasteiger partial charge in [0.2, 0.25) is 5.88 Å². The van der Waals surface area contributed by atoms with Crippen molar-refractivity contribution in [2.75, 3.05) is 19.0 Å². The van der Waals surface area contributed by atoms with Gasteiger partial charge in [-0.2, -0.15) is 4.98 Å². The van der Waals surface area contributed by atoms with Crippen LogP contribution in [0.3, 0.4) is 0 Å². The molecule has 136 valence electrons. The number of rotatable bonds is 4. The number of anilines is 1. The quantitative estimate of drug-likeness (QED) is 0.650. The molecule has 0 atom stereocenters. The van der Waals surface area contributed by atoms with Crippen molar-refractivity contribution in [3.63, 3.8) is 0 Å². The number of nitrogens with zero attached hydrogens (tertiary/aromatic N) is 3. The van der Waals surface area contributed by atoms with E-state index in [4.69, 9.17) is 9.84 Å². The number of carboxylic acid groups (broad SMARTS) is 1. The number of nitrogens with one attached hydrogen (secondary N) is 1. The Balaban J connectivity index is 0.00000225. The van der Waals surface area contributed by atoms with E-state index < -0.39 is 5.97 Å². The predicted molar refractivity (Wildman–Crippen MR) is 92.7 cm³/mol. The van der Waals surface area contributed by atoms with E-state index in [1.165, 1.54) is 6.33 Å². The minimum Gasteiger partial charge on any atom is -1.00 e. The number of allylic oxidation sites excluding steroid dienone is 2. The lowest BCUT2D eigenvalue weighted by Gasteiger charge is -2.36. The molecule has 0 aromatic carbocycles. The van der Waals surface area contributed by atoms with Gasteiger partial charge in [0.1, 0.15) is 17.0 Å². The average Bonchev–Trinajstić information content (AvgIpc) is 2.51. The maximum Gasteiger partial charge on any atom is 0.305 e. The number of ether oxygens (including phenoxy) is 1. The fraction of sp³-hybridized carbons (Fsp3) is 0.500. The van der Waals surface area contributed by atoms with E-state index >= 15 is 0 Å². The van der Waals surface area contributed by atoms with Crippen molar-refractivity contribution in [2.24, 2.45) is 10.4 Å². The first kappa shape index (κ1) is 19.7. The van der Waals surface area contributed by atoms with Gasteiger partial charge in [0.05, 0.1) is 24.1 Å². The van der Waals surface area contributed by atoms with Crippen LogP contribution in [0.25, 0.3) is 0 Å². The lowest BCUT2D eigenvalue weighted by atomic mass is 9.78. The number of thioether (sulfide) groups is 1. The zero-order valence-corrected chi connectivity index (χ0v) is 16.7. The standard InChI is InChI=1S/C16H20N4O3S.BrH/c1-16(2)6-9(17-5-4-11(21)22)13-10(7-16)20-12-14(23-3)18-8-19-15(12)24-13;/h8,20H,4-7H2,1-3H3,(H,21,22);1H/p-1. The number of halogens is 1. The van der Waals surface area contributed by atoms with Crippen LogP contribution in [0.1, 0.15) is 33.1 Å². The smallest absolute Gasteiger partial charge is 0.305 e. The van der Waals surface area contributed by atoms with Gasteiger partial charge in [-0.25, -0.2) is 4.98 Å². The molecule has 3 rings (SSSR count). The molecule has 9 heteroatoms. The molecule has 0 bridgehead atoms. The molecule has 1 aromatic heterocycles. The van der Waals surface area contributed by atoms with E-state index in [9.17, 15) is 4.79 Å². The molecule has 0 radical (unpaired) electrons. The van der Waals surface area contributed by atoms with E-state index in [0.717, 1.165) is 39.9 Å². The maximum absolute atomic E-state index is 10.8. The van der Waals surface area contributed by atoms with Crippen LogP contribution < -0.4 is 27.0 Å². The fourth-order valence-corrected chi connectivity index (χ4v) is 3.94. The number of aliphatic imine (C=N–C) groups is 1. The summed E-state index contributed by atoms with van der Waals surface area (Å²) in [5.41, 5.74) is 2.86. The number of fused-ring (bicyclic) bond motifs is 1. The molecule has 2 aliphatic rings. The number of carbonyl (C=O) groups is 1. The Kier molecular flexibility index (Phi) is 6.10. The van der Waals surface area contributed by atoms with Crippen LogP contribution in [0.5, 0.6) is 5.88 Å². The molecule has 25 heavy (non-hydrogen) atoms. The molecular weight excluding hydrogens is 408 g/mol. The summed E-state index contributed by atoms with van der Waals surface area (Å²) in [4.78, 5) is 24.8. The van der Waals surface area contributed by atoms with Gasteiger partial charge in [-0.15, -0.1) is 0 Å². The average molecular weight is 428 g/mol. The minimum atomic E-state index is -0.833. The number of methoxy groups -OCH3 is 1. The number of carboxylic acids is 1. The zero-order chi connectivity index (χ0) is 17.3. The number of hydrogen-bond donors (Lipinski definition) is 2. The van der Waals surface area contributed by atoms with Gasteiger partial charge in [0, 0.05) is 12.2 Å². The fourth-order valence-electron chi connectivity index (χ4n) is 2.91. The Morgan fingerprint density at radius 3 is 2.88 bits per heavy atom. The number of aliphatic carboxylic acids is 1. The first-order valence-electron chi connectivity index (χ1n) is 7.72. The molecule has 0 amide bonds. The summed E-state index contributed by atoms with van der Waals surface area (Å²) in [5, 5.41) is 13.0. The van der Waals surface area contributed by atoms with Crippen molar-refractivity contribution in [3.05, 3.63) is 16.9 Å². The molecule has 2 heterocycles. The van der Waals surface area contributed by atoms with Crippen molar-refractivity contribution >= 4 is 29.1 Å². The van der Waals surface area contributed by atoms with Crippen LogP contribution in [-0.2, 0) is 4.79 Å². The molecule has 0 saturated heterocycles. The molecule has 0 fully saturated rings. The molecule has 0 spiro atoms. The molecule has 0 unspecified atom stereocenters. The molecule has 0 saturated carbocycles. The van der Waals surface area contributed by atoms with Gasteiger partial charge >= 0.3 is 5.97 Å². The molecule has 1 aliphatic carbocycles. The van der Waals surface area contributed by atoms with E-state index in [1.54, 1.807) is 18.9 Å². The van der Waals surface area contributed by atoms with Crippen molar-refractivity contribution in [1.29, 1.82) is 0 Å². The Hall–Kier alpha value is -1.61. The van der Waals surface area contributed by atoms with Gasteiger partial charge in [-0.3, -0.25) is 9.79 Å². The van der Waals surface area contributed by atoms with Crippen LogP contribution >= 0.6 is 11.8 Å². The molecule has 1 aliphatic heterocycles. The highest BCUT2D eigenvalue weighted by Crippen LogP contribution is 2.49. The monoisotopic (exact) mass is 427 g/mol. The van der Waals surface area contributed by atoms with Crippen molar-refractivity contribution in [2.45, 2.75) is 38.1 Å². The highest BCUT2D eigenvalue weighted by molar-refractivity contribution is 8.04. The number of aromatic nitrogens is 2. The van der Waals surface area contributed by atoms with Crippen LogP contribution in [0, 0.1) is 5.41 Å². The maximum atomic E-state index is 10.8. The lowest BCUT2D eigenvalue weighted by Crippen LogP contribution is -3.00. The molecule has 7 nitrogen and oxygen atoms in total. The van der Waals surface area contributed by atoms with E-state index in [-0.39, 0.29) is 35.4 Å². The molecule has 2 N–H and O–H groups in total. The Morgan fingerprint density at radius 1 is 1.44 bits per heavy atom. The van der Waals surface area contributed by atoms with Gasteiger partial charge in [-0.1, -0.05) is 25.6 Å². The van der Waals surface area contributed by atoms with Crippen LogP contribution in [-0.4, -0.2) is 40.4 Å². The van der Waals surface area contributed by atoms with Crippen molar-refractivity contribution < 1.29 is 31.6 Å². The highest BCUT2D eigenvalue weighted by Gasteiger charge is 2.36. The van der Waals surface area contributed by atoms with Crippen LogP contribution in [0.4, 0.5) is 5.69 Å². The summed E-state index contributed by atoms with van der Waals surface area (Å²) >= 11 is 1.55. The summed E-state index contributed by atoms with van der Waals surface area (Å²) in [6.07, 6.45) is 3.21. The number of hydrogen-bond acceptors (Lipinski definition) is 7. The van der Waals surface area contributed by atoms with Gasteiger partial charge < -0.3 is 32.1 Å². The first-order chi connectivity index (χ1) is 11.4. The van der Waals surface area contributed by atoms with E-state index in [1.807, 2.05) is 0 Å². The second kappa shape index (κ2) is 7.74. The third-order valence-corrected chi connectivity index (χ3v) is 5.10. The minimum absolute atomic E-state index is 0. The molecular formula is C16H20BrN4O3S-. The Morgan fingerprint density at radius 2 is 2.20 bits per heavy atom. The summed E-state index contributed by atoms with van der Waals surface area (Å²) < 4.78 is 5.32. The van der Waals surface area contributed by atoms with Gasteiger partial charge in [0.25, 0.3) is 0 Å². The topological polar surface area (TPSA) is 96.7 Å². The zero-order valence-electron chi connectivity index (χ0n) is 14.3. The van der Waals surface area contributed by atoms with E-state index in [0.29, 0.717) is 5.88 Å². The second-order valence-corrected chi connectivity index (χ2v) is 7.59. The third kappa shape index (κ3) is 4.33. The predicted octanol–water partition coefficient (Wildman–Crippen LogP) is -0.0459. The lowest BCUT2D eigenvalue weighted by molar-refractivity contribution is -0.136. The third-order valence-electron chi connectivity index (χ3n) is 3.91. The highest BCUT2D eigenvalue weighted by atomic mass is 79.9. The SMILES string of the molecule is COc1ncnc2c1NC1=C(S2)C(=NCCC(=O)O)CC(C)(C)C1.[Br-]. The summed E-state index contributed by atoms with van der Waals surface area (Å²) in [6.45, 7) is 4.66. The van der Waals surface area contributed by atoms with Crippen molar-refractivity contribution in [3.8, 4) is 5.88 Å². The first-order valence-corrected chi connectivity index (χ1v) is 8.54. The van der Waals surface area contributed by atoms with Crippen LogP contribution in [0.15, 0.2) is 26.9 Å². The van der Waals surface area contributed by atoms with Gasteiger partial charge in [0.15, 0.2) is 0 Å². The summed E-state index contributed by atoms with van der Waals surface area (Å²) in [5.74, 6) is -0.312. The van der Waals surface area contributed by atoms with Gasteiger partial charge in [-0.05, 0) is 18.3 Å². The summed E-state index contributed by atoms with van der Waals surface area (Å²) in [6, 6.07) is 0. The van der Waals surface area contributed by atoms with Crippen molar-refractivity contribution in [1.82, 2.24) is 9.97 Å². The molecule has 1 aromatic rings. The normalized spacial score (nSPS) is 19.4. The largest absolute Gasteiger partial charge is 1.00 e. The summed E-state index contributed by atoms with van der Waals surface area (Å²) in [7, 11) is 1.59.